The van der Waals surface area contributed by atoms with Crippen LogP contribution in [-0.2, 0) is 6.42 Å². The first-order chi connectivity index (χ1) is 7.29. The minimum absolute atomic E-state index is 1.06. The van der Waals surface area contributed by atoms with Crippen molar-refractivity contribution in [3.8, 4) is 0 Å². The first kappa shape index (κ1) is 9.17. The SMILES string of the molecule is Cc1c(Br)c2c(c3ccccc13)C=CC2. The van der Waals surface area contributed by atoms with Gasteiger partial charge in [0, 0.05) is 4.47 Å². The molecule has 0 bridgehead atoms. The average Bonchev–Trinajstić information content (AvgIpc) is 2.75. The van der Waals surface area contributed by atoms with Gasteiger partial charge in [0.15, 0.2) is 0 Å². The summed E-state index contributed by atoms with van der Waals surface area (Å²) in [4.78, 5) is 0. The fourth-order valence-electron chi connectivity index (χ4n) is 2.35. The number of benzene rings is 2. The van der Waals surface area contributed by atoms with E-state index in [0.717, 1.165) is 6.42 Å². The van der Waals surface area contributed by atoms with Gasteiger partial charge in [-0.2, -0.15) is 0 Å². The highest BCUT2D eigenvalue weighted by Gasteiger charge is 2.15. The van der Waals surface area contributed by atoms with Gasteiger partial charge in [0.2, 0.25) is 0 Å². The van der Waals surface area contributed by atoms with Crippen LogP contribution in [0.25, 0.3) is 16.8 Å². The lowest BCUT2D eigenvalue weighted by atomic mass is 9.97. The maximum atomic E-state index is 3.71. The molecule has 0 atom stereocenters. The molecular weight excluding hydrogens is 248 g/mol. The smallest absolute Gasteiger partial charge is 0.0252 e. The number of allylic oxidation sites excluding steroid dienone is 1. The number of aryl methyl sites for hydroxylation is 1. The quantitative estimate of drug-likeness (QED) is 0.654. The minimum atomic E-state index is 1.06. The second-order valence-corrected chi connectivity index (χ2v) is 4.78. The molecule has 0 unspecified atom stereocenters. The van der Waals surface area contributed by atoms with Gasteiger partial charge in [-0.15, -0.1) is 0 Å². The van der Waals surface area contributed by atoms with E-state index in [1.165, 1.54) is 31.9 Å². The van der Waals surface area contributed by atoms with Gasteiger partial charge in [0.05, 0.1) is 0 Å². The van der Waals surface area contributed by atoms with Crippen LogP contribution >= 0.6 is 15.9 Å². The van der Waals surface area contributed by atoms with Gasteiger partial charge in [-0.25, -0.2) is 0 Å². The Morgan fingerprint density at radius 1 is 1.13 bits per heavy atom. The van der Waals surface area contributed by atoms with Crippen molar-refractivity contribution in [2.24, 2.45) is 0 Å². The molecular formula is C14H11Br. The maximum Gasteiger partial charge on any atom is 0.0252 e. The van der Waals surface area contributed by atoms with Crippen molar-refractivity contribution < 1.29 is 0 Å². The van der Waals surface area contributed by atoms with Crippen molar-refractivity contribution in [3.05, 3.63) is 51.5 Å². The molecule has 0 saturated carbocycles. The molecule has 0 amide bonds. The van der Waals surface area contributed by atoms with E-state index in [2.05, 4.69) is 59.3 Å². The molecule has 1 heteroatoms. The molecule has 2 aromatic carbocycles. The molecule has 0 saturated heterocycles. The summed E-state index contributed by atoms with van der Waals surface area (Å²) in [5, 5.41) is 2.73. The predicted octanol–water partition coefficient (Wildman–Crippen LogP) is 4.48. The Labute approximate surface area is 97.7 Å². The van der Waals surface area contributed by atoms with Crippen LogP contribution in [0, 0.1) is 6.92 Å². The van der Waals surface area contributed by atoms with Crippen LogP contribution in [0.2, 0.25) is 0 Å². The Kier molecular flexibility index (Phi) is 1.96. The topological polar surface area (TPSA) is 0 Å². The summed E-state index contributed by atoms with van der Waals surface area (Å²) < 4.78 is 1.28. The first-order valence-corrected chi connectivity index (χ1v) is 5.94. The van der Waals surface area contributed by atoms with Gasteiger partial charge in [0.25, 0.3) is 0 Å². The van der Waals surface area contributed by atoms with Gasteiger partial charge >= 0.3 is 0 Å². The Morgan fingerprint density at radius 3 is 2.67 bits per heavy atom. The average molecular weight is 259 g/mol. The molecule has 0 heterocycles. The standard InChI is InChI=1S/C14H11Br/c1-9-10-5-2-3-6-11(10)12-7-4-8-13(12)14(9)15/h2-7H,8H2,1H3. The van der Waals surface area contributed by atoms with Crippen LogP contribution in [0.1, 0.15) is 16.7 Å². The van der Waals surface area contributed by atoms with Gasteiger partial charge < -0.3 is 0 Å². The van der Waals surface area contributed by atoms with Crippen molar-refractivity contribution in [1.29, 1.82) is 0 Å². The van der Waals surface area contributed by atoms with Gasteiger partial charge in [0.1, 0.15) is 0 Å². The summed E-state index contributed by atoms with van der Waals surface area (Å²) in [5.74, 6) is 0. The van der Waals surface area contributed by atoms with Crippen molar-refractivity contribution in [1.82, 2.24) is 0 Å². The third kappa shape index (κ3) is 1.19. The van der Waals surface area contributed by atoms with E-state index in [4.69, 9.17) is 0 Å². The van der Waals surface area contributed by atoms with Crippen molar-refractivity contribution in [2.45, 2.75) is 13.3 Å². The summed E-state index contributed by atoms with van der Waals surface area (Å²) in [6.45, 7) is 2.19. The number of rotatable bonds is 0. The van der Waals surface area contributed by atoms with Crippen LogP contribution < -0.4 is 0 Å². The molecule has 0 N–H and O–H groups in total. The Hall–Kier alpha value is -1.08. The molecule has 0 nitrogen and oxygen atoms in total. The summed E-state index contributed by atoms with van der Waals surface area (Å²) in [7, 11) is 0. The number of hydrogen-bond donors (Lipinski definition) is 0. The van der Waals surface area contributed by atoms with Crippen LogP contribution in [0.5, 0.6) is 0 Å². The minimum Gasteiger partial charge on any atom is -0.0794 e. The van der Waals surface area contributed by atoms with Crippen LogP contribution in [0.15, 0.2) is 34.8 Å². The summed E-state index contributed by atoms with van der Waals surface area (Å²) in [6, 6.07) is 8.63. The zero-order valence-electron chi connectivity index (χ0n) is 8.55. The van der Waals surface area contributed by atoms with Crippen molar-refractivity contribution in [2.75, 3.05) is 0 Å². The van der Waals surface area contributed by atoms with Crippen LogP contribution in [0.3, 0.4) is 0 Å². The van der Waals surface area contributed by atoms with E-state index >= 15 is 0 Å². The highest BCUT2D eigenvalue weighted by Crippen LogP contribution is 2.37. The molecule has 0 aliphatic heterocycles. The molecule has 15 heavy (non-hydrogen) atoms. The maximum absolute atomic E-state index is 3.71. The summed E-state index contributed by atoms with van der Waals surface area (Å²) in [6.07, 6.45) is 5.53. The van der Waals surface area contributed by atoms with Gasteiger partial charge in [-0.3, -0.25) is 0 Å². The highest BCUT2D eigenvalue weighted by atomic mass is 79.9. The van der Waals surface area contributed by atoms with E-state index in [9.17, 15) is 0 Å². The van der Waals surface area contributed by atoms with Crippen molar-refractivity contribution in [3.63, 3.8) is 0 Å². The summed E-state index contributed by atoms with van der Waals surface area (Å²) in [5.41, 5.74) is 4.18. The Bertz CT molecular complexity index is 579. The third-order valence-electron chi connectivity index (χ3n) is 3.15. The molecule has 0 spiro atoms. The van der Waals surface area contributed by atoms with Gasteiger partial charge in [-0.1, -0.05) is 52.3 Å². The zero-order valence-corrected chi connectivity index (χ0v) is 10.1. The van der Waals surface area contributed by atoms with E-state index in [1.807, 2.05) is 0 Å². The van der Waals surface area contributed by atoms with Crippen molar-refractivity contribution >= 4 is 32.8 Å². The largest absolute Gasteiger partial charge is 0.0794 e. The fraction of sp³-hybridized carbons (Fsp3) is 0.143. The predicted molar refractivity (Wildman–Crippen MR) is 69.1 cm³/mol. The van der Waals surface area contributed by atoms with E-state index in [1.54, 1.807) is 0 Å². The lowest BCUT2D eigenvalue weighted by Crippen LogP contribution is -1.91. The second kappa shape index (κ2) is 3.21. The van der Waals surface area contributed by atoms with E-state index in [0.29, 0.717) is 0 Å². The fourth-order valence-corrected chi connectivity index (χ4v) is 2.94. The van der Waals surface area contributed by atoms with Gasteiger partial charge in [-0.05, 0) is 40.8 Å². The molecule has 1 aliphatic rings. The van der Waals surface area contributed by atoms with Crippen LogP contribution in [-0.4, -0.2) is 0 Å². The van der Waals surface area contributed by atoms with E-state index in [-0.39, 0.29) is 0 Å². The normalized spacial score (nSPS) is 13.5. The molecule has 3 rings (SSSR count). The lowest BCUT2D eigenvalue weighted by Gasteiger charge is -2.11. The zero-order chi connectivity index (χ0) is 10.4. The molecule has 2 aromatic rings. The number of halogens is 1. The monoisotopic (exact) mass is 258 g/mol. The Balaban J connectivity index is 2.56. The number of fused-ring (bicyclic) bond motifs is 3. The molecule has 1 aliphatic carbocycles. The lowest BCUT2D eigenvalue weighted by molar-refractivity contribution is 1.27. The molecule has 74 valence electrons. The first-order valence-electron chi connectivity index (χ1n) is 5.15. The molecule has 0 aromatic heterocycles. The molecule has 0 fully saturated rings. The third-order valence-corrected chi connectivity index (χ3v) is 4.22. The highest BCUT2D eigenvalue weighted by molar-refractivity contribution is 9.10. The number of hydrogen-bond acceptors (Lipinski definition) is 0. The van der Waals surface area contributed by atoms with Crippen LogP contribution in [0.4, 0.5) is 0 Å². The molecule has 0 radical (unpaired) electrons. The van der Waals surface area contributed by atoms with E-state index < -0.39 is 0 Å². The second-order valence-electron chi connectivity index (χ2n) is 3.98. The Morgan fingerprint density at radius 2 is 1.87 bits per heavy atom. The summed E-state index contributed by atoms with van der Waals surface area (Å²) >= 11 is 3.71.